The fourth-order valence-electron chi connectivity index (χ4n) is 4.01. The van der Waals surface area contributed by atoms with Crippen LogP contribution in [0.1, 0.15) is 59.0 Å². The summed E-state index contributed by atoms with van der Waals surface area (Å²) in [6.45, 7) is 2.63. The maximum atomic E-state index is 13.2. The van der Waals surface area contributed by atoms with Gasteiger partial charge in [0.25, 0.3) is 0 Å². The van der Waals surface area contributed by atoms with Crippen LogP contribution in [0.4, 0.5) is 15.2 Å². The number of esters is 1. The molecule has 0 radical (unpaired) electrons. The summed E-state index contributed by atoms with van der Waals surface area (Å²) < 4.78 is 21.0. The lowest BCUT2D eigenvalue weighted by Gasteiger charge is -2.12. The van der Waals surface area contributed by atoms with E-state index in [4.69, 9.17) is 17.0 Å². The summed E-state index contributed by atoms with van der Waals surface area (Å²) in [6, 6.07) is 6.31. The number of nitrogens with zero attached hydrogens (tertiary/aromatic N) is 2. The largest absolute Gasteiger partial charge is 0.462 e. The number of carbonyl (C=O) groups is 1. The fraction of sp³-hybridized carbons (Fsp3) is 0.375. The molecule has 1 aromatic carbocycles. The van der Waals surface area contributed by atoms with Gasteiger partial charge in [0.1, 0.15) is 10.8 Å². The van der Waals surface area contributed by atoms with Gasteiger partial charge >= 0.3 is 5.97 Å². The smallest absolute Gasteiger partial charge is 0.341 e. The highest BCUT2D eigenvalue weighted by Gasteiger charge is 2.26. The van der Waals surface area contributed by atoms with Crippen molar-refractivity contribution in [1.82, 2.24) is 9.78 Å². The molecule has 0 atom stereocenters. The van der Waals surface area contributed by atoms with Crippen molar-refractivity contribution in [2.45, 2.75) is 52.0 Å². The van der Waals surface area contributed by atoms with Crippen molar-refractivity contribution in [2.75, 3.05) is 17.2 Å². The topological polar surface area (TPSA) is 68.2 Å². The summed E-state index contributed by atoms with van der Waals surface area (Å²) in [4.78, 5) is 14.1. The molecular formula is C24H26BrFN4O2S2. The third-order valence-corrected chi connectivity index (χ3v) is 7.58. The number of fused-ring (bicyclic) bond motifs is 1. The van der Waals surface area contributed by atoms with Crippen LogP contribution in [-0.4, -0.2) is 27.5 Å². The Morgan fingerprint density at radius 3 is 2.68 bits per heavy atom. The number of thiophene rings is 1. The van der Waals surface area contributed by atoms with E-state index >= 15 is 0 Å². The van der Waals surface area contributed by atoms with Crippen LogP contribution in [0.15, 0.2) is 34.9 Å². The first kappa shape index (κ1) is 24.8. The van der Waals surface area contributed by atoms with E-state index in [-0.39, 0.29) is 11.8 Å². The standard InChI is InChI=1S/C24H26BrFN4O2S2/c1-2-32-23(31)20-17-7-5-3-4-6-8-19(17)34-22(20)28-24(33)27-21-18(25)14-30(29-21)13-15-9-11-16(26)12-10-15/h9-12,14H,2-8,13H2,1H3,(H2,27,28,29,33). The third-order valence-electron chi connectivity index (χ3n) is 5.58. The molecule has 2 aromatic heterocycles. The highest BCUT2D eigenvalue weighted by Crippen LogP contribution is 2.37. The Bertz CT molecular complexity index is 1180. The minimum atomic E-state index is -0.310. The lowest BCUT2D eigenvalue weighted by molar-refractivity contribution is 0.0526. The number of thiocarbonyl (C=S) groups is 1. The molecule has 0 amide bonds. The second-order valence-corrected chi connectivity index (χ2v) is 10.4. The average Bonchev–Trinajstić information content (AvgIpc) is 3.28. The van der Waals surface area contributed by atoms with Gasteiger partial charge in [0.15, 0.2) is 10.9 Å². The number of aryl methyl sites for hydroxylation is 1. The van der Waals surface area contributed by atoms with Crippen molar-refractivity contribution in [2.24, 2.45) is 0 Å². The van der Waals surface area contributed by atoms with Crippen LogP contribution in [0.3, 0.4) is 0 Å². The number of anilines is 2. The summed E-state index contributed by atoms with van der Waals surface area (Å²) in [6.07, 6.45) is 8.25. The highest BCUT2D eigenvalue weighted by molar-refractivity contribution is 9.10. The molecule has 180 valence electrons. The molecule has 1 aliphatic rings. The molecule has 34 heavy (non-hydrogen) atoms. The normalized spacial score (nSPS) is 13.5. The van der Waals surface area contributed by atoms with Gasteiger partial charge in [-0.15, -0.1) is 11.3 Å². The first-order valence-electron chi connectivity index (χ1n) is 11.3. The number of aromatic nitrogens is 2. The van der Waals surface area contributed by atoms with Crippen LogP contribution in [0.5, 0.6) is 0 Å². The van der Waals surface area contributed by atoms with E-state index in [2.05, 4.69) is 31.7 Å². The van der Waals surface area contributed by atoms with Crippen LogP contribution in [-0.2, 0) is 24.1 Å². The Morgan fingerprint density at radius 1 is 1.21 bits per heavy atom. The molecule has 6 nitrogen and oxygen atoms in total. The van der Waals surface area contributed by atoms with Crippen LogP contribution >= 0.6 is 39.5 Å². The molecule has 2 N–H and O–H groups in total. The number of halogens is 2. The first-order valence-corrected chi connectivity index (χ1v) is 13.3. The first-order chi connectivity index (χ1) is 16.4. The third kappa shape index (κ3) is 6.03. The van der Waals surface area contributed by atoms with E-state index in [9.17, 15) is 9.18 Å². The van der Waals surface area contributed by atoms with Gasteiger partial charge in [-0.05, 0) is 84.0 Å². The summed E-state index contributed by atoms with van der Waals surface area (Å²) >= 11 is 10.7. The van der Waals surface area contributed by atoms with Gasteiger partial charge in [-0.25, -0.2) is 9.18 Å². The molecule has 1 aliphatic carbocycles. The molecule has 2 heterocycles. The molecule has 0 aliphatic heterocycles. The second-order valence-electron chi connectivity index (χ2n) is 8.07. The van der Waals surface area contributed by atoms with E-state index in [0.29, 0.717) is 34.6 Å². The van der Waals surface area contributed by atoms with Gasteiger partial charge in [0.2, 0.25) is 0 Å². The van der Waals surface area contributed by atoms with Gasteiger partial charge in [0.05, 0.1) is 23.2 Å². The number of ether oxygens (including phenoxy) is 1. The maximum absolute atomic E-state index is 13.2. The molecule has 0 spiro atoms. The van der Waals surface area contributed by atoms with Gasteiger partial charge < -0.3 is 15.4 Å². The number of rotatable bonds is 6. The van der Waals surface area contributed by atoms with E-state index in [1.807, 2.05) is 13.1 Å². The number of benzene rings is 1. The van der Waals surface area contributed by atoms with E-state index in [1.54, 1.807) is 28.2 Å². The van der Waals surface area contributed by atoms with Crippen LogP contribution in [0.25, 0.3) is 0 Å². The SMILES string of the molecule is CCOC(=O)c1c(NC(=S)Nc2nn(Cc3ccc(F)cc3)cc2Br)sc2c1CCCCCC2. The van der Waals surface area contributed by atoms with Crippen LogP contribution in [0, 0.1) is 5.82 Å². The quantitative estimate of drug-likeness (QED) is 0.262. The lowest BCUT2D eigenvalue weighted by atomic mass is 9.96. The van der Waals surface area contributed by atoms with Crippen molar-refractivity contribution < 1.29 is 13.9 Å². The zero-order valence-electron chi connectivity index (χ0n) is 18.8. The van der Waals surface area contributed by atoms with Gasteiger partial charge in [0, 0.05) is 11.1 Å². The van der Waals surface area contributed by atoms with Gasteiger partial charge in [-0.2, -0.15) is 5.10 Å². The lowest BCUT2D eigenvalue weighted by Crippen LogP contribution is -2.21. The Balaban J connectivity index is 1.50. The maximum Gasteiger partial charge on any atom is 0.341 e. The van der Waals surface area contributed by atoms with E-state index in [0.717, 1.165) is 41.3 Å². The molecule has 0 fully saturated rings. The average molecular weight is 566 g/mol. The predicted octanol–water partition coefficient (Wildman–Crippen LogP) is 6.54. The number of hydrogen-bond acceptors (Lipinski definition) is 5. The van der Waals surface area contributed by atoms with Crippen molar-refractivity contribution in [1.29, 1.82) is 0 Å². The van der Waals surface area contributed by atoms with E-state index < -0.39 is 0 Å². The molecule has 10 heteroatoms. The Kier molecular flexibility index (Phi) is 8.33. The van der Waals surface area contributed by atoms with E-state index in [1.165, 1.54) is 29.9 Å². The summed E-state index contributed by atoms with van der Waals surface area (Å²) in [5.74, 6) is -0.0317. The summed E-state index contributed by atoms with van der Waals surface area (Å²) in [7, 11) is 0. The minimum absolute atomic E-state index is 0.270. The highest BCUT2D eigenvalue weighted by atomic mass is 79.9. The Labute approximate surface area is 216 Å². The van der Waals surface area contributed by atoms with Crippen molar-refractivity contribution >= 4 is 61.4 Å². The molecule has 3 aromatic rings. The zero-order chi connectivity index (χ0) is 24.1. The van der Waals surface area contributed by atoms with Crippen LogP contribution < -0.4 is 10.6 Å². The molecular weight excluding hydrogens is 539 g/mol. The summed E-state index contributed by atoms with van der Waals surface area (Å²) in [5, 5.41) is 11.9. The van der Waals surface area contributed by atoms with Gasteiger partial charge in [-0.3, -0.25) is 4.68 Å². The van der Waals surface area contributed by atoms with Gasteiger partial charge in [-0.1, -0.05) is 25.0 Å². The number of hydrogen-bond donors (Lipinski definition) is 2. The molecule has 0 bridgehead atoms. The molecule has 0 unspecified atom stereocenters. The number of carbonyl (C=O) groups excluding carboxylic acids is 1. The predicted molar refractivity (Wildman–Crippen MR) is 141 cm³/mol. The van der Waals surface area contributed by atoms with Crippen molar-refractivity contribution in [3.8, 4) is 0 Å². The molecule has 4 rings (SSSR count). The molecule has 0 saturated carbocycles. The van der Waals surface area contributed by atoms with Crippen LogP contribution in [0.2, 0.25) is 0 Å². The van der Waals surface area contributed by atoms with Crippen molar-refractivity contribution in [3.63, 3.8) is 0 Å². The fourth-order valence-corrected chi connectivity index (χ4v) is 5.97. The zero-order valence-corrected chi connectivity index (χ0v) is 22.0. The monoisotopic (exact) mass is 564 g/mol. The number of nitrogens with one attached hydrogen (secondary N) is 2. The second kappa shape index (κ2) is 11.4. The Hall–Kier alpha value is -2.30. The molecule has 0 saturated heterocycles. The Morgan fingerprint density at radius 2 is 1.94 bits per heavy atom. The van der Waals surface area contributed by atoms with Crippen molar-refractivity contribution in [3.05, 3.63) is 62.3 Å². The minimum Gasteiger partial charge on any atom is -0.462 e. The summed E-state index contributed by atoms with van der Waals surface area (Å²) in [5.41, 5.74) is 2.63.